The molecule has 5 nitrogen and oxygen atoms in total. The molecule has 3 aromatic carbocycles. The fourth-order valence-corrected chi connectivity index (χ4v) is 4.91. The number of hydrogen-bond donors (Lipinski definition) is 3. The molecular formula is C29H30O5. The average Bonchev–Trinajstić information content (AvgIpc) is 3.20. The minimum Gasteiger partial charge on any atom is -0.478 e. The summed E-state index contributed by atoms with van der Waals surface area (Å²) in [5.74, 6) is -0.690. The molecule has 0 bridgehead atoms. The molecule has 176 valence electrons. The van der Waals surface area contributed by atoms with Crippen LogP contribution in [0.4, 0.5) is 0 Å². The van der Waals surface area contributed by atoms with Crippen LogP contribution in [0, 0.1) is 11.8 Å². The van der Waals surface area contributed by atoms with Crippen LogP contribution in [0.1, 0.15) is 46.3 Å². The van der Waals surface area contributed by atoms with Crippen LogP contribution in [0.5, 0.6) is 0 Å². The van der Waals surface area contributed by atoms with E-state index >= 15 is 0 Å². The van der Waals surface area contributed by atoms with Crippen molar-refractivity contribution in [2.75, 3.05) is 0 Å². The van der Waals surface area contributed by atoms with Crippen molar-refractivity contribution in [1.29, 1.82) is 0 Å². The van der Waals surface area contributed by atoms with Gasteiger partial charge in [0, 0.05) is 18.8 Å². The van der Waals surface area contributed by atoms with Gasteiger partial charge in [-0.2, -0.15) is 0 Å². The predicted octanol–water partition coefficient (Wildman–Crippen LogP) is 4.72. The zero-order chi connectivity index (χ0) is 24.1. The van der Waals surface area contributed by atoms with E-state index in [-0.39, 0.29) is 29.8 Å². The second-order valence-electron chi connectivity index (χ2n) is 9.10. The number of aliphatic hydroxyl groups is 2. The summed E-state index contributed by atoms with van der Waals surface area (Å²) < 4.78 is 0. The predicted molar refractivity (Wildman–Crippen MR) is 132 cm³/mol. The summed E-state index contributed by atoms with van der Waals surface area (Å²) in [6, 6.07) is 18.7. The number of allylic oxidation sites excluding steroid dienone is 1. The number of aryl methyl sites for hydroxylation is 1. The molecule has 0 aromatic heterocycles. The van der Waals surface area contributed by atoms with Gasteiger partial charge in [-0.3, -0.25) is 4.79 Å². The van der Waals surface area contributed by atoms with Crippen molar-refractivity contribution < 1.29 is 24.9 Å². The summed E-state index contributed by atoms with van der Waals surface area (Å²) in [4.78, 5) is 23.5. The normalized spacial score (nSPS) is 19.2. The minimum absolute atomic E-state index is 0.0801. The van der Waals surface area contributed by atoms with Gasteiger partial charge in [0.15, 0.2) is 0 Å². The van der Waals surface area contributed by atoms with Crippen LogP contribution in [0.2, 0.25) is 0 Å². The number of carbonyl (C=O) groups is 2. The quantitative estimate of drug-likeness (QED) is 0.404. The number of aromatic carboxylic acids is 1. The summed E-state index contributed by atoms with van der Waals surface area (Å²) in [7, 11) is 0. The maximum Gasteiger partial charge on any atom is 0.335 e. The number of ketones is 1. The standard InChI is InChI=1S/C29H30O5/c30-18-25-16-23-4-2-1-3-22(23)15-24(25)17-26(31)12-10-20-11-14-28(32)27(20)13-7-19-5-8-21(9-6-19)29(33)34/h1-6,8-10,12,15-16,20,26-27,30-31H,7,11,13-14,17-18H2,(H,33,34)/t20-,26?,27+/m0/s1. The summed E-state index contributed by atoms with van der Waals surface area (Å²) in [6.45, 7) is -0.0801. The lowest BCUT2D eigenvalue weighted by atomic mass is 9.88. The first-order valence-corrected chi connectivity index (χ1v) is 11.8. The van der Waals surface area contributed by atoms with E-state index in [0.717, 1.165) is 33.9 Å². The van der Waals surface area contributed by atoms with Gasteiger partial charge in [0.05, 0.1) is 18.3 Å². The number of carbonyl (C=O) groups excluding carboxylic acids is 1. The summed E-state index contributed by atoms with van der Waals surface area (Å²) in [5, 5.41) is 31.6. The molecule has 0 heterocycles. The number of fused-ring (bicyclic) bond motifs is 1. The van der Waals surface area contributed by atoms with Crippen LogP contribution in [0.15, 0.2) is 72.8 Å². The van der Waals surface area contributed by atoms with E-state index < -0.39 is 12.1 Å². The molecule has 3 aromatic rings. The summed E-state index contributed by atoms with van der Waals surface area (Å²) in [5.41, 5.74) is 3.00. The third-order valence-corrected chi connectivity index (χ3v) is 6.85. The Morgan fingerprint density at radius 1 is 1.03 bits per heavy atom. The van der Waals surface area contributed by atoms with Gasteiger partial charge in [-0.15, -0.1) is 0 Å². The molecule has 1 unspecified atom stereocenters. The molecule has 1 aliphatic rings. The van der Waals surface area contributed by atoms with Gasteiger partial charge in [0.2, 0.25) is 0 Å². The Balaban J connectivity index is 1.39. The molecule has 0 saturated heterocycles. The Bertz CT molecular complexity index is 1190. The van der Waals surface area contributed by atoms with Gasteiger partial charge in [-0.25, -0.2) is 4.79 Å². The van der Waals surface area contributed by atoms with Crippen LogP contribution >= 0.6 is 0 Å². The van der Waals surface area contributed by atoms with Crippen LogP contribution in [0.3, 0.4) is 0 Å². The van der Waals surface area contributed by atoms with Crippen molar-refractivity contribution in [3.8, 4) is 0 Å². The minimum atomic E-state index is -0.948. The van der Waals surface area contributed by atoms with Gasteiger partial charge >= 0.3 is 5.97 Å². The first kappa shape index (κ1) is 23.9. The van der Waals surface area contributed by atoms with Gasteiger partial charge < -0.3 is 15.3 Å². The fourth-order valence-electron chi connectivity index (χ4n) is 4.91. The zero-order valence-electron chi connectivity index (χ0n) is 19.1. The maximum atomic E-state index is 12.5. The molecule has 0 aliphatic heterocycles. The van der Waals surface area contributed by atoms with Gasteiger partial charge in [0.25, 0.3) is 0 Å². The Labute approximate surface area is 199 Å². The smallest absolute Gasteiger partial charge is 0.335 e. The fraction of sp³-hybridized carbons (Fsp3) is 0.310. The number of carboxylic acids is 1. The van der Waals surface area contributed by atoms with Crippen LogP contribution < -0.4 is 0 Å². The molecule has 3 N–H and O–H groups in total. The number of aliphatic hydroxyl groups excluding tert-OH is 2. The second kappa shape index (κ2) is 10.8. The van der Waals surface area contributed by atoms with E-state index in [9.17, 15) is 19.8 Å². The van der Waals surface area contributed by atoms with Crippen molar-refractivity contribution in [1.82, 2.24) is 0 Å². The van der Waals surface area contributed by atoms with Gasteiger partial charge in [0.1, 0.15) is 5.78 Å². The van der Waals surface area contributed by atoms with E-state index in [2.05, 4.69) is 0 Å². The van der Waals surface area contributed by atoms with Crippen LogP contribution in [-0.4, -0.2) is 33.2 Å². The first-order chi connectivity index (χ1) is 16.4. The summed E-state index contributed by atoms with van der Waals surface area (Å²) >= 11 is 0. The second-order valence-corrected chi connectivity index (χ2v) is 9.10. The monoisotopic (exact) mass is 458 g/mol. The Morgan fingerprint density at radius 2 is 1.71 bits per heavy atom. The lowest BCUT2D eigenvalue weighted by molar-refractivity contribution is -0.121. The highest BCUT2D eigenvalue weighted by atomic mass is 16.4. The maximum absolute atomic E-state index is 12.5. The van der Waals surface area contributed by atoms with E-state index in [1.54, 1.807) is 30.3 Å². The largest absolute Gasteiger partial charge is 0.478 e. The number of hydrogen-bond acceptors (Lipinski definition) is 4. The van der Waals surface area contributed by atoms with Crippen molar-refractivity contribution in [2.24, 2.45) is 11.8 Å². The third-order valence-electron chi connectivity index (χ3n) is 6.85. The number of rotatable bonds is 9. The van der Waals surface area contributed by atoms with Gasteiger partial charge in [-0.1, -0.05) is 54.6 Å². The van der Waals surface area contributed by atoms with E-state index in [4.69, 9.17) is 5.11 Å². The molecule has 0 spiro atoms. The van der Waals surface area contributed by atoms with Crippen LogP contribution in [0.25, 0.3) is 10.8 Å². The molecule has 0 radical (unpaired) electrons. The Kier molecular flexibility index (Phi) is 7.56. The molecular weight excluding hydrogens is 428 g/mol. The van der Waals surface area contributed by atoms with Gasteiger partial charge in [-0.05, 0) is 70.8 Å². The highest BCUT2D eigenvalue weighted by Crippen LogP contribution is 2.33. The van der Waals surface area contributed by atoms with E-state index in [1.165, 1.54) is 0 Å². The number of carboxylic acid groups (broad SMARTS) is 1. The molecule has 34 heavy (non-hydrogen) atoms. The number of Topliss-reactive ketones (excluding diaryl/α,β-unsaturated/α-hetero) is 1. The Morgan fingerprint density at radius 3 is 2.35 bits per heavy atom. The van der Waals surface area contributed by atoms with Crippen molar-refractivity contribution in [2.45, 2.75) is 44.8 Å². The molecule has 5 heteroatoms. The lowest BCUT2D eigenvalue weighted by Crippen LogP contribution is -2.15. The average molecular weight is 459 g/mol. The zero-order valence-corrected chi connectivity index (χ0v) is 19.1. The van der Waals surface area contributed by atoms with Crippen molar-refractivity contribution in [3.63, 3.8) is 0 Å². The SMILES string of the molecule is O=C(O)c1ccc(CC[C@H]2C(=O)CC[C@@H]2C=CC(O)Cc2cc3ccccc3cc2CO)cc1. The molecule has 1 fully saturated rings. The topological polar surface area (TPSA) is 94.8 Å². The molecule has 0 amide bonds. The highest BCUT2D eigenvalue weighted by molar-refractivity contribution is 5.87. The van der Waals surface area contributed by atoms with E-state index in [0.29, 0.717) is 25.7 Å². The molecule has 1 aliphatic carbocycles. The molecule has 1 saturated carbocycles. The summed E-state index contributed by atoms with van der Waals surface area (Å²) in [6.07, 6.45) is 6.21. The Hall–Kier alpha value is -3.28. The lowest BCUT2D eigenvalue weighted by Gasteiger charge is -2.16. The third kappa shape index (κ3) is 5.61. The van der Waals surface area contributed by atoms with Crippen molar-refractivity contribution in [3.05, 3.63) is 95.1 Å². The molecule has 4 rings (SSSR count). The van der Waals surface area contributed by atoms with Crippen molar-refractivity contribution >= 4 is 22.5 Å². The van der Waals surface area contributed by atoms with E-state index in [1.807, 2.05) is 42.5 Å². The number of benzene rings is 3. The highest BCUT2D eigenvalue weighted by Gasteiger charge is 2.32. The van der Waals surface area contributed by atoms with Crippen LogP contribution in [-0.2, 0) is 24.2 Å². The first-order valence-electron chi connectivity index (χ1n) is 11.8. The molecule has 3 atom stereocenters.